The molecule has 1 aromatic heterocycles. The number of carbonyl (C=O) groups excluding carboxylic acids is 2. The standard InChI is InChI=1S/C24H25Cl2N7O2/c1-15(34)32-7-9-33(10-8-32)18-4-2-3-17(12-18)30-24-29-14-19(22(27)35)23(31-24)28-13-16-5-6-20(25)21(26)11-16/h2-6,11-12,14H,7-10,13H2,1H3,(H2,27,35)(H2,28,29,30,31). The summed E-state index contributed by atoms with van der Waals surface area (Å²) in [6, 6.07) is 13.1. The van der Waals surface area contributed by atoms with Gasteiger partial charge in [0.2, 0.25) is 11.9 Å². The molecule has 0 spiro atoms. The third-order valence-electron chi connectivity index (χ3n) is 5.69. The lowest BCUT2D eigenvalue weighted by Gasteiger charge is -2.35. The molecule has 0 saturated carbocycles. The van der Waals surface area contributed by atoms with Gasteiger partial charge >= 0.3 is 0 Å². The minimum Gasteiger partial charge on any atom is -0.368 e. The number of nitrogens with two attached hydrogens (primary N) is 1. The second-order valence-corrected chi connectivity index (χ2v) is 8.90. The second-order valence-electron chi connectivity index (χ2n) is 8.09. The van der Waals surface area contributed by atoms with Crippen LogP contribution in [-0.2, 0) is 11.3 Å². The van der Waals surface area contributed by atoms with Crippen LogP contribution in [0.3, 0.4) is 0 Å². The van der Waals surface area contributed by atoms with E-state index < -0.39 is 5.91 Å². The average Bonchev–Trinajstić information content (AvgIpc) is 2.85. The van der Waals surface area contributed by atoms with Gasteiger partial charge in [-0.2, -0.15) is 4.98 Å². The quantitative estimate of drug-likeness (QED) is 0.438. The van der Waals surface area contributed by atoms with E-state index >= 15 is 0 Å². The maximum absolute atomic E-state index is 11.9. The summed E-state index contributed by atoms with van der Waals surface area (Å²) in [6.45, 7) is 4.86. The third-order valence-corrected chi connectivity index (χ3v) is 6.43. The zero-order valence-electron chi connectivity index (χ0n) is 19.1. The Kier molecular flexibility index (Phi) is 7.57. The number of carbonyl (C=O) groups is 2. The van der Waals surface area contributed by atoms with Gasteiger partial charge in [-0.1, -0.05) is 35.3 Å². The van der Waals surface area contributed by atoms with Gasteiger partial charge in [-0.15, -0.1) is 0 Å². The smallest absolute Gasteiger partial charge is 0.254 e. The highest BCUT2D eigenvalue weighted by Crippen LogP contribution is 2.25. The number of benzene rings is 2. The zero-order chi connectivity index (χ0) is 24.9. The average molecular weight is 514 g/mol. The topological polar surface area (TPSA) is 116 Å². The number of hydrogen-bond acceptors (Lipinski definition) is 7. The van der Waals surface area contributed by atoms with Crippen molar-refractivity contribution in [3.8, 4) is 0 Å². The number of nitrogens with one attached hydrogen (secondary N) is 2. The first kappa shape index (κ1) is 24.6. The molecule has 0 radical (unpaired) electrons. The molecule has 2 aromatic carbocycles. The summed E-state index contributed by atoms with van der Waals surface area (Å²) >= 11 is 12.1. The summed E-state index contributed by atoms with van der Waals surface area (Å²) in [5.41, 5.74) is 8.37. The molecule has 1 fully saturated rings. The Labute approximate surface area is 213 Å². The van der Waals surface area contributed by atoms with Crippen LogP contribution in [0.25, 0.3) is 0 Å². The van der Waals surface area contributed by atoms with E-state index in [0.29, 0.717) is 41.4 Å². The molecule has 1 saturated heterocycles. The van der Waals surface area contributed by atoms with Crippen LogP contribution < -0.4 is 21.3 Å². The van der Waals surface area contributed by atoms with E-state index in [1.807, 2.05) is 35.2 Å². The molecule has 182 valence electrons. The summed E-state index contributed by atoms with van der Waals surface area (Å²) in [6.07, 6.45) is 1.39. The van der Waals surface area contributed by atoms with Crippen molar-refractivity contribution in [3.05, 3.63) is 69.8 Å². The first-order valence-electron chi connectivity index (χ1n) is 11.0. The van der Waals surface area contributed by atoms with Crippen molar-refractivity contribution in [2.45, 2.75) is 13.5 Å². The number of amides is 2. The molecule has 4 N–H and O–H groups in total. The molecule has 1 aliphatic rings. The number of aromatic nitrogens is 2. The third kappa shape index (κ3) is 6.12. The minimum absolute atomic E-state index is 0.0974. The number of halogens is 2. The van der Waals surface area contributed by atoms with Gasteiger partial charge < -0.3 is 26.2 Å². The number of rotatable bonds is 7. The Balaban J connectivity index is 1.48. The number of hydrogen-bond donors (Lipinski definition) is 3. The Morgan fingerprint density at radius 3 is 2.51 bits per heavy atom. The van der Waals surface area contributed by atoms with Crippen molar-refractivity contribution < 1.29 is 9.59 Å². The normalized spacial score (nSPS) is 13.5. The van der Waals surface area contributed by atoms with Gasteiger partial charge in [-0.05, 0) is 35.9 Å². The van der Waals surface area contributed by atoms with Crippen LogP contribution in [0.5, 0.6) is 0 Å². The first-order chi connectivity index (χ1) is 16.8. The summed E-state index contributed by atoms with van der Waals surface area (Å²) < 4.78 is 0. The van der Waals surface area contributed by atoms with Crippen LogP contribution >= 0.6 is 23.2 Å². The fourth-order valence-corrected chi connectivity index (χ4v) is 4.10. The summed E-state index contributed by atoms with van der Waals surface area (Å²) in [5.74, 6) is 0.0721. The van der Waals surface area contributed by atoms with Crippen molar-refractivity contribution in [1.82, 2.24) is 14.9 Å². The second kappa shape index (κ2) is 10.8. The largest absolute Gasteiger partial charge is 0.368 e. The van der Waals surface area contributed by atoms with Crippen molar-refractivity contribution in [3.63, 3.8) is 0 Å². The van der Waals surface area contributed by atoms with Crippen LogP contribution in [0, 0.1) is 0 Å². The molecule has 2 heterocycles. The Morgan fingerprint density at radius 1 is 1.06 bits per heavy atom. The number of anilines is 4. The molecule has 1 aliphatic heterocycles. The first-order valence-corrected chi connectivity index (χ1v) is 11.8. The Morgan fingerprint density at radius 2 is 1.83 bits per heavy atom. The molecule has 3 aromatic rings. The predicted molar refractivity (Wildman–Crippen MR) is 139 cm³/mol. The molecule has 9 nitrogen and oxygen atoms in total. The molecule has 0 aliphatic carbocycles. The van der Waals surface area contributed by atoms with E-state index in [0.717, 1.165) is 30.0 Å². The van der Waals surface area contributed by atoms with E-state index in [9.17, 15) is 9.59 Å². The number of nitrogens with zero attached hydrogens (tertiary/aromatic N) is 4. The predicted octanol–water partition coefficient (Wildman–Crippen LogP) is 3.91. The van der Waals surface area contributed by atoms with E-state index in [1.165, 1.54) is 6.20 Å². The summed E-state index contributed by atoms with van der Waals surface area (Å²) in [7, 11) is 0. The highest BCUT2D eigenvalue weighted by Gasteiger charge is 2.19. The van der Waals surface area contributed by atoms with E-state index in [2.05, 4.69) is 25.5 Å². The fourth-order valence-electron chi connectivity index (χ4n) is 3.78. The minimum atomic E-state index is -0.639. The molecule has 0 atom stereocenters. The van der Waals surface area contributed by atoms with Gasteiger partial charge in [0.25, 0.3) is 5.91 Å². The lowest BCUT2D eigenvalue weighted by Crippen LogP contribution is -2.48. The molecular weight excluding hydrogens is 489 g/mol. The fraction of sp³-hybridized carbons (Fsp3) is 0.250. The molecule has 0 bridgehead atoms. The molecular formula is C24H25Cl2N7O2. The van der Waals surface area contributed by atoms with Crippen LogP contribution in [0.2, 0.25) is 10.0 Å². The summed E-state index contributed by atoms with van der Waals surface area (Å²) in [4.78, 5) is 36.3. The van der Waals surface area contributed by atoms with Crippen LogP contribution in [0.15, 0.2) is 48.7 Å². The van der Waals surface area contributed by atoms with E-state index in [-0.39, 0.29) is 11.5 Å². The monoisotopic (exact) mass is 513 g/mol. The van der Waals surface area contributed by atoms with Gasteiger partial charge in [-0.3, -0.25) is 9.59 Å². The molecule has 11 heteroatoms. The van der Waals surface area contributed by atoms with Gasteiger partial charge in [0.15, 0.2) is 0 Å². The molecule has 35 heavy (non-hydrogen) atoms. The number of piperazine rings is 1. The molecule has 0 unspecified atom stereocenters. The van der Waals surface area contributed by atoms with Gasteiger partial charge in [0.1, 0.15) is 5.82 Å². The van der Waals surface area contributed by atoms with Crippen molar-refractivity contribution in [2.75, 3.05) is 41.7 Å². The van der Waals surface area contributed by atoms with Crippen LogP contribution in [-0.4, -0.2) is 52.9 Å². The summed E-state index contributed by atoms with van der Waals surface area (Å²) in [5, 5.41) is 7.21. The van der Waals surface area contributed by atoms with Gasteiger partial charge in [-0.25, -0.2) is 4.98 Å². The van der Waals surface area contributed by atoms with E-state index in [1.54, 1.807) is 19.1 Å². The van der Waals surface area contributed by atoms with E-state index in [4.69, 9.17) is 28.9 Å². The number of primary amides is 1. The molecule has 2 amide bonds. The Bertz CT molecular complexity index is 1250. The van der Waals surface area contributed by atoms with Crippen molar-refractivity contribution >= 4 is 58.2 Å². The SMILES string of the molecule is CC(=O)N1CCN(c2cccc(Nc3ncc(C(N)=O)c(NCc4ccc(Cl)c(Cl)c4)n3)c2)CC1. The van der Waals surface area contributed by atoms with Gasteiger partial charge in [0.05, 0.1) is 15.6 Å². The van der Waals surface area contributed by atoms with Gasteiger partial charge in [0, 0.05) is 57.2 Å². The maximum Gasteiger partial charge on any atom is 0.254 e. The van der Waals surface area contributed by atoms with Crippen LogP contribution in [0.1, 0.15) is 22.8 Å². The Hall–Kier alpha value is -3.56. The van der Waals surface area contributed by atoms with Crippen molar-refractivity contribution in [1.29, 1.82) is 0 Å². The lowest BCUT2D eigenvalue weighted by atomic mass is 10.2. The highest BCUT2D eigenvalue weighted by atomic mass is 35.5. The van der Waals surface area contributed by atoms with Crippen molar-refractivity contribution in [2.24, 2.45) is 5.73 Å². The maximum atomic E-state index is 11.9. The highest BCUT2D eigenvalue weighted by molar-refractivity contribution is 6.42. The zero-order valence-corrected chi connectivity index (χ0v) is 20.6. The lowest BCUT2D eigenvalue weighted by molar-refractivity contribution is -0.129. The molecule has 4 rings (SSSR count). The van der Waals surface area contributed by atoms with Crippen LogP contribution in [0.4, 0.5) is 23.1 Å².